The molecule has 2 aromatic rings. The molecular formula is C24H30Cl2F3N3O2. The highest BCUT2D eigenvalue weighted by Gasteiger charge is 2.36. The van der Waals surface area contributed by atoms with Gasteiger partial charge in [0.2, 0.25) is 0 Å². The number of ether oxygens (including phenoxy) is 1. The number of hydrogen-bond donors (Lipinski definition) is 2. The number of nitrogens with one attached hydrogen (secondary N) is 2. The van der Waals surface area contributed by atoms with E-state index in [2.05, 4.69) is 22.8 Å². The van der Waals surface area contributed by atoms with Crippen molar-refractivity contribution < 1.29 is 22.7 Å². The highest BCUT2D eigenvalue weighted by Crippen LogP contribution is 2.30. The zero-order chi connectivity index (χ0) is 22.7. The maximum Gasteiger partial charge on any atom is 0.411 e. The predicted octanol–water partition coefficient (Wildman–Crippen LogP) is 4.58. The molecule has 1 saturated heterocycles. The number of rotatable bonds is 6. The van der Waals surface area contributed by atoms with Crippen molar-refractivity contribution in [2.24, 2.45) is 0 Å². The molecule has 2 heterocycles. The van der Waals surface area contributed by atoms with E-state index in [0.29, 0.717) is 6.54 Å². The monoisotopic (exact) mass is 519 g/mol. The Labute approximate surface area is 210 Å². The summed E-state index contributed by atoms with van der Waals surface area (Å²) in [6, 6.07) is 16.7. The number of piperidine rings is 1. The van der Waals surface area contributed by atoms with Gasteiger partial charge in [-0.25, -0.2) is 0 Å². The Morgan fingerprint density at radius 2 is 1.88 bits per heavy atom. The van der Waals surface area contributed by atoms with Gasteiger partial charge in [-0.1, -0.05) is 42.5 Å². The Bertz CT molecular complexity index is 947. The van der Waals surface area contributed by atoms with Crippen molar-refractivity contribution >= 4 is 36.4 Å². The normalized spacial score (nSPS) is 22.4. The van der Waals surface area contributed by atoms with Gasteiger partial charge in [-0.05, 0) is 42.1 Å². The van der Waals surface area contributed by atoms with E-state index < -0.39 is 24.8 Å². The summed E-state index contributed by atoms with van der Waals surface area (Å²) in [7, 11) is 1.58. The van der Waals surface area contributed by atoms with E-state index >= 15 is 0 Å². The lowest BCUT2D eigenvalue weighted by Gasteiger charge is -2.34. The van der Waals surface area contributed by atoms with Gasteiger partial charge < -0.3 is 20.3 Å². The molecule has 188 valence electrons. The van der Waals surface area contributed by atoms with Crippen LogP contribution < -0.4 is 15.5 Å². The number of amides is 1. The molecule has 34 heavy (non-hydrogen) atoms. The van der Waals surface area contributed by atoms with E-state index in [0.717, 1.165) is 36.2 Å². The molecule has 1 fully saturated rings. The molecule has 10 heteroatoms. The van der Waals surface area contributed by atoms with Crippen LogP contribution in [0.3, 0.4) is 0 Å². The number of fused-ring (bicyclic) bond motifs is 1. The van der Waals surface area contributed by atoms with Gasteiger partial charge in [0.1, 0.15) is 12.7 Å². The molecule has 0 aromatic heterocycles. The molecule has 4 rings (SSSR count). The topological polar surface area (TPSA) is 53.6 Å². The summed E-state index contributed by atoms with van der Waals surface area (Å²) in [5.74, 6) is -0.451. The fraction of sp³-hybridized carbons (Fsp3) is 0.458. The number of carbonyl (C=O) groups is 1. The Balaban J connectivity index is 0.00000204. The van der Waals surface area contributed by atoms with Gasteiger partial charge in [-0.2, -0.15) is 13.2 Å². The molecule has 3 atom stereocenters. The molecule has 0 bridgehead atoms. The molecule has 1 unspecified atom stereocenters. The summed E-state index contributed by atoms with van der Waals surface area (Å²) < 4.78 is 42.4. The average molecular weight is 520 g/mol. The third kappa shape index (κ3) is 6.86. The first-order valence-corrected chi connectivity index (χ1v) is 10.9. The highest BCUT2D eigenvalue weighted by atomic mass is 35.5. The lowest BCUT2D eigenvalue weighted by atomic mass is 9.92. The van der Waals surface area contributed by atoms with Crippen LogP contribution in [0.2, 0.25) is 0 Å². The number of hydrogen-bond acceptors (Lipinski definition) is 4. The van der Waals surface area contributed by atoms with Gasteiger partial charge in [0.15, 0.2) is 0 Å². The third-order valence-corrected chi connectivity index (χ3v) is 6.16. The molecule has 0 aliphatic carbocycles. The number of alkyl halides is 3. The fourth-order valence-corrected chi connectivity index (χ4v) is 4.52. The van der Waals surface area contributed by atoms with Gasteiger partial charge in [0.05, 0.1) is 0 Å². The lowest BCUT2D eigenvalue weighted by Crippen LogP contribution is -2.46. The number of nitrogens with zero attached hydrogens (tertiary/aromatic N) is 1. The first-order valence-electron chi connectivity index (χ1n) is 10.9. The second-order valence-corrected chi connectivity index (χ2v) is 8.45. The van der Waals surface area contributed by atoms with Crippen LogP contribution in [0, 0.1) is 0 Å². The van der Waals surface area contributed by atoms with Crippen molar-refractivity contribution in [2.75, 3.05) is 25.1 Å². The van der Waals surface area contributed by atoms with Crippen molar-refractivity contribution in [3.8, 4) is 0 Å². The number of carbonyl (C=O) groups excluding carboxylic acids is 1. The number of likely N-dealkylation sites (N-methyl/N-ethyl adjacent to an activating group) is 1. The lowest BCUT2D eigenvalue weighted by molar-refractivity contribution is -0.186. The molecule has 0 saturated carbocycles. The van der Waals surface area contributed by atoms with Gasteiger partial charge >= 0.3 is 6.18 Å². The van der Waals surface area contributed by atoms with E-state index in [1.807, 2.05) is 36.4 Å². The van der Waals surface area contributed by atoms with Crippen LogP contribution in [0.15, 0.2) is 48.5 Å². The minimum atomic E-state index is -4.46. The maximum atomic E-state index is 12.5. The highest BCUT2D eigenvalue weighted by molar-refractivity contribution is 5.99. The molecule has 2 aromatic carbocycles. The van der Waals surface area contributed by atoms with Crippen molar-refractivity contribution in [1.29, 1.82) is 0 Å². The van der Waals surface area contributed by atoms with Gasteiger partial charge in [-0.15, -0.1) is 24.8 Å². The van der Waals surface area contributed by atoms with Crippen molar-refractivity contribution in [1.82, 2.24) is 10.6 Å². The molecule has 0 radical (unpaired) electrons. The quantitative estimate of drug-likeness (QED) is 0.586. The molecule has 1 amide bonds. The number of benzene rings is 2. The van der Waals surface area contributed by atoms with E-state index in [1.165, 1.54) is 10.5 Å². The van der Waals surface area contributed by atoms with Crippen LogP contribution in [-0.2, 0) is 22.5 Å². The zero-order valence-corrected chi connectivity index (χ0v) is 20.4. The van der Waals surface area contributed by atoms with Crippen molar-refractivity contribution in [3.05, 3.63) is 65.2 Å². The predicted molar refractivity (Wildman–Crippen MR) is 131 cm³/mol. The Kier molecular flexibility index (Phi) is 10.2. The molecule has 2 aliphatic heterocycles. The van der Waals surface area contributed by atoms with E-state index in [9.17, 15) is 18.0 Å². The Hall–Kier alpha value is -1.84. The van der Waals surface area contributed by atoms with E-state index in [1.54, 1.807) is 7.05 Å². The summed E-state index contributed by atoms with van der Waals surface area (Å²) in [5.41, 5.74) is 3.81. The molecule has 5 nitrogen and oxygen atoms in total. The first-order chi connectivity index (χ1) is 15.3. The summed E-state index contributed by atoms with van der Waals surface area (Å²) in [6.07, 6.45) is -3.26. The largest absolute Gasteiger partial charge is 0.411 e. The second-order valence-electron chi connectivity index (χ2n) is 8.45. The summed E-state index contributed by atoms with van der Waals surface area (Å²) in [6.45, 7) is 0.201. The zero-order valence-electron chi connectivity index (χ0n) is 18.8. The Morgan fingerprint density at radius 1 is 1.15 bits per heavy atom. The van der Waals surface area contributed by atoms with Crippen LogP contribution in [0.25, 0.3) is 0 Å². The van der Waals surface area contributed by atoms with Gasteiger partial charge in [0.25, 0.3) is 5.91 Å². The number of halogens is 5. The smallest absolute Gasteiger partial charge is 0.359 e. The molecular weight excluding hydrogens is 490 g/mol. The summed E-state index contributed by atoms with van der Waals surface area (Å²) in [5, 5.41) is 7.25. The molecule has 0 spiro atoms. The second kappa shape index (κ2) is 12.2. The number of anilines is 1. The average Bonchev–Trinajstić information content (AvgIpc) is 2.79. The van der Waals surface area contributed by atoms with Gasteiger partial charge in [0, 0.05) is 37.8 Å². The summed E-state index contributed by atoms with van der Waals surface area (Å²) >= 11 is 0. The maximum absolute atomic E-state index is 12.5. The Morgan fingerprint density at radius 3 is 2.59 bits per heavy atom. The van der Waals surface area contributed by atoms with Crippen LogP contribution in [0.5, 0.6) is 0 Å². The molecule has 2 aliphatic rings. The SMILES string of the molecule is CN1C(=O)C(OCC(F)(F)F)Cc2ccc(CN[C@H]3CCCN[C@H]3c3ccccc3)cc21.Cl.Cl. The van der Waals surface area contributed by atoms with Crippen LogP contribution in [0.4, 0.5) is 18.9 Å². The fourth-order valence-electron chi connectivity index (χ4n) is 4.52. The first kappa shape index (κ1) is 28.4. The van der Waals surface area contributed by atoms with Gasteiger partial charge in [-0.3, -0.25) is 4.79 Å². The van der Waals surface area contributed by atoms with Crippen LogP contribution in [0.1, 0.15) is 35.6 Å². The van der Waals surface area contributed by atoms with Crippen molar-refractivity contribution in [3.63, 3.8) is 0 Å². The van der Waals surface area contributed by atoms with Crippen LogP contribution >= 0.6 is 24.8 Å². The van der Waals surface area contributed by atoms with E-state index in [4.69, 9.17) is 4.74 Å². The van der Waals surface area contributed by atoms with Crippen molar-refractivity contribution in [2.45, 2.75) is 50.2 Å². The standard InChI is InChI=1S/C24H28F3N3O2.2ClH/c1-30-20-12-16(9-10-18(20)13-21(23(30)31)32-15-24(25,26)27)14-29-19-8-5-11-28-22(19)17-6-3-2-4-7-17;;/h2-4,6-7,9-10,12,19,21-22,28-29H,5,8,11,13-15H2,1H3;2*1H/t19-,21?,22-;;/m0../s1. The summed E-state index contributed by atoms with van der Waals surface area (Å²) in [4.78, 5) is 13.9. The third-order valence-electron chi connectivity index (χ3n) is 6.16. The van der Waals surface area contributed by atoms with Crippen LogP contribution in [-0.4, -0.2) is 44.4 Å². The van der Waals surface area contributed by atoms with E-state index in [-0.39, 0.29) is 43.3 Å². The molecule has 2 N–H and O–H groups in total. The minimum Gasteiger partial charge on any atom is -0.359 e. The minimum absolute atomic E-state index is 0.